The van der Waals surface area contributed by atoms with E-state index >= 15 is 0 Å². The molecule has 0 spiro atoms. The number of nitrogens with one attached hydrogen (secondary N) is 2. The minimum absolute atomic E-state index is 0.0738. The third-order valence-corrected chi connectivity index (χ3v) is 2.45. The fourth-order valence-electron chi connectivity index (χ4n) is 1.48. The first-order valence-corrected chi connectivity index (χ1v) is 5.97. The van der Waals surface area contributed by atoms with Crippen molar-refractivity contribution in [3.63, 3.8) is 0 Å². The topological polar surface area (TPSA) is 61.4 Å². The van der Waals surface area contributed by atoms with Crippen LogP contribution in [0.3, 0.4) is 0 Å². The van der Waals surface area contributed by atoms with E-state index in [9.17, 15) is 4.79 Å². The van der Waals surface area contributed by atoms with Gasteiger partial charge in [-0.1, -0.05) is 19.1 Å². The smallest absolute Gasteiger partial charge is 0.221 e. The number of benzene rings is 1. The molecule has 0 atom stereocenters. The Labute approximate surface area is 102 Å². The molecule has 1 amide bonds. The fraction of sp³-hybridized carbons (Fsp3) is 0.462. The van der Waals surface area contributed by atoms with Crippen LogP contribution in [0, 0.1) is 0 Å². The fourth-order valence-corrected chi connectivity index (χ4v) is 1.48. The Morgan fingerprint density at radius 1 is 1.24 bits per heavy atom. The first-order chi connectivity index (χ1) is 8.22. The molecule has 4 nitrogen and oxygen atoms in total. The highest BCUT2D eigenvalue weighted by atomic mass is 16.3. The van der Waals surface area contributed by atoms with Gasteiger partial charge in [0.25, 0.3) is 0 Å². The van der Waals surface area contributed by atoms with Crippen molar-refractivity contribution in [2.24, 2.45) is 0 Å². The van der Waals surface area contributed by atoms with Gasteiger partial charge < -0.3 is 15.7 Å². The average Bonchev–Trinajstić information content (AvgIpc) is 2.32. The normalized spacial score (nSPS) is 10.2. The Hall–Kier alpha value is -1.55. The zero-order valence-corrected chi connectivity index (χ0v) is 10.2. The molecule has 0 aliphatic carbocycles. The summed E-state index contributed by atoms with van der Waals surface area (Å²) in [6.07, 6.45) is 1.30. The Kier molecular flexibility index (Phi) is 6.10. The summed E-state index contributed by atoms with van der Waals surface area (Å²) >= 11 is 0. The Morgan fingerprint density at radius 2 is 1.94 bits per heavy atom. The van der Waals surface area contributed by atoms with E-state index in [0.29, 0.717) is 13.0 Å². The summed E-state index contributed by atoms with van der Waals surface area (Å²) in [4.78, 5) is 11.4. The van der Waals surface area contributed by atoms with Crippen LogP contribution in [0.25, 0.3) is 0 Å². The van der Waals surface area contributed by atoms with E-state index < -0.39 is 0 Å². The molecule has 0 aromatic heterocycles. The van der Waals surface area contributed by atoms with Gasteiger partial charge in [0.1, 0.15) is 5.75 Å². The molecule has 0 bridgehead atoms. The third kappa shape index (κ3) is 5.92. The number of carbonyl (C=O) groups is 1. The van der Waals surface area contributed by atoms with Gasteiger partial charge in [-0.15, -0.1) is 0 Å². The molecule has 0 heterocycles. The van der Waals surface area contributed by atoms with Gasteiger partial charge in [0.15, 0.2) is 0 Å². The van der Waals surface area contributed by atoms with E-state index in [1.165, 1.54) is 0 Å². The maximum Gasteiger partial charge on any atom is 0.221 e. The number of hydrogen-bond acceptors (Lipinski definition) is 3. The molecule has 0 aliphatic rings. The molecule has 0 fully saturated rings. The second-order valence-electron chi connectivity index (χ2n) is 3.87. The van der Waals surface area contributed by atoms with Gasteiger partial charge in [0, 0.05) is 19.5 Å². The van der Waals surface area contributed by atoms with Crippen LogP contribution < -0.4 is 10.6 Å². The Balaban J connectivity index is 2.14. The SMILES string of the molecule is CCNCCC(=O)NCCc1ccc(O)cc1. The second-order valence-corrected chi connectivity index (χ2v) is 3.87. The molecule has 3 N–H and O–H groups in total. The van der Waals surface area contributed by atoms with Crippen molar-refractivity contribution in [3.8, 4) is 5.75 Å². The van der Waals surface area contributed by atoms with Crippen LogP contribution in [-0.4, -0.2) is 30.6 Å². The van der Waals surface area contributed by atoms with Crippen molar-refractivity contribution >= 4 is 5.91 Å². The molecule has 1 aromatic rings. The quantitative estimate of drug-likeness (QED) is 0.620. The first kappa shape index (κ1) is 13.5. The summed E-state index contributed by atoms with van der Waals surface area (Å²) in [7, 11) is 0. The van der Waals surface area contributed by atoms with E-state index in [1.807, 2.05) is 19.1 Å². The van der Waals surface area contributed by atoms with E-state index in [-0.39, 0.29) is 11.7 Å². The van der Waals surface area contributed by atoms with Gasteiger partial charge in [-0.2, -0.15) is 0 Å². The molecule has 4 heteroatoms. The van der Waals surface area contributed by atoms with E-state index in [1.54, 1.807) is 12.1 Å². The number of amides is 1. The molecule has 94 valence electrons. The van der Waals surface area contributed by atoms with Crippen LogP contribution in [-0.2, 0) is 11.2 Å². The molecular weight excluding hydrogens is 216 g/mol. The molecule has 1 aromatic carbocycles. The van der Waals surface area contributed by atoms with Gasteiger partial charge in [0.05, 0.1) is 0 Å². The van der Waals surface area contributed by atoms with Crippen LogP contribution in [0.15, 0.2) is 24.3 Å². The summed E-state index contributed by atoms with van der Waals surface area (Å²) < 4.78 is 0. The van der Waals surface area contributed by atoms with E-state index in [2.05, 4.69) is 10.6 Å². The number of aromatic hydroxyl groups is 1. The zero-order valence-electron chi connectivity index (χ0n) is 10.2. The lowest BCUT2D eigenvalue weighted by atomic mass is 10.1. The molecular formula is C13H20N2O2. The molecule has 0 saturated carbocycles. The summed E-state index contributed by atoms with van der Waals surface area (Å²) in [5.41, 5.74) is 1.11. The highest BCUT2D eigenvalue weighted by molar-refractivity contribution is 5.76. The summed E-state index contributed by atoms with van der Waals surface area (Å²) in [6.45, 7) is 4.26. The lowest BCUT2D eigenvalue weighted by Crippen LogP contribution is -2.29. The van der Waals surface area contributed by atoms with Crippen molar-refractivity contribution < 1.29 is 9.90 Å². The maximum absolute atomic E-state index is 11.4. The molecule has 1 rings (SSSR count). The zero-order chi connectivity index (χ0) is 12.5. The summed E-state index contributed by atoms with van der Waals surface area (Å²) in [6, 6.07) is 7.03. The predicted octanol–water partition coefficient (Wildman–Crippen LogP) is 1.05. The lowest BCUT2D eigenvalue weighted by molar-refractivity contribution is -0.120. The van der Waals surface area contributed by atoms with Crippen molar-refractivity contribution in [2.75, 3.05) is 19.6 Å². The number of phenols is 1. The number of carbonyl (C=O) groups excluding carboxylic acids is 1. The minimum atomic E-state index is 0.0738. The van der Waals surface area contributed by atoms with Crippen molar-refractivity contribution in [1.82, 2.24) is 10.6 Å². The van der Waals surface area contributed by atoms with Gasteiger partial charge >= 0.3 is 0 Å². The molecule has 0 radical (unpaired) electrons. The molecule has 0 saturated heterocycles. The highest BCUT2D eigenvalue weighted by Crippen LogP contribution is 2.09. The van der Waals surface area contributed by atoms with Crippen LogP contribution in [0.5, 0.6) is 5.75 Å². The summed E-state index contributed by atoms with van der Waals surface area (Å²) in [5.74, 6) is 0.341. The number of hydrogen-bond donors (Lipinski definition) is 3. The Bertz CT molecular complexity index is 336. The summed E-state index contributed by atoms with van der Waals surface area (Å²) in [5, 5.41) is 15.1. The average molecular weight is 236 g/mol. The van der Waals surface area contributed by atoms with Gasteiger partial charge in [0.2, 0.25) is 5.91 Å². The molecule has 0 unspecified atom stereocenters. The van der Waals surface area contributed by atoms with Crippen LogP contribution in [0.1, 0.15) is 18.9 Å². The van der Waals surface area contributed by atoms with Crippen LogP contribution in [0.2, 0.25) is 0 Å². The van der Waals surface area contributed by atoms with Gasteiger partial charge in [-0.25, -0.2) is 0 Å². The molecule has 0 aliphatic heterocycles. The van der Waals surface area contributed by atoms with Gasteiger partial charge in [-0.3, -0.25) is 4.79 Å². The van der Waals surface area contributed by atoms with E-state index in [0.717, 1.165) is 25.1 Å². The Morgan fingerprint density at radius 3 is 2.59 bits per heavy atom. The van der Waals surface area contributed by atoms with E-state index in [4.69, 9.17) is 5.11 Å². The first-order valence-electron chi connectivity index (χ1n) is 5.97. The number of phenolic OH excluding ortho intramolecular Hbond substituents is 1. The predicted molar refractivity (Wildman–Crippen MR) is 68.0 cm³/mol. The van der Waals surface area contributed by atoms with Crippen molar-refractivity contribution in [2.45, 2.75) is 19.8 Å². The van der Waals surface area contributed by atoms with Crippen LogP contribution in [0.4, 0.5) is 0 Å². The van der Waals surface area contributed by atoms with Crippen molar-refractivity contribution in [3.05, 3.63) is 29.8 Å². The standard InChI is InChI=1S/C13H20N2O2/c1-2-14-9-8-13(17)15-10-7-11-3-5-12(16)6-4-11/h3-6,14,16H,2,7-10H2,1H3,(H,15,17). The minimum Gasteiger partial charge on any atom is -0.508 e. The monoisotopic (exact) mass is 236 g/mol. The maximum atomic E-state index is 11.4. The number of rotatable bonds is 7. The highest BCUT2D eigenvalue weighted by Gasteiger charge is 2.00. The van der Waals surface area contributed by atoms with Gasteiger partial charge in [-0.05, 0) is 30.7 Å². The second kappa shape index (κ2) is 7.68. The third-order valence-electron chi connectivity index (χ3n) is 2.45. The van der Waals surface area contributed by atoms with Crippen LogP contribution >= 0.6 is 0 Å². The largest absolute Gasteiger partial charge is 0.508 e. The lowest BCUT2D eigenvalue weighted by Gasteiger charge is -2.05. The van der Waals surface area contributed by atoms with Crippen molar-refractivity contribution in [1.29, 1.82) is 0 Å². The molecule has 17 heavy (non-hydrogen) atoms.